The van der Waals surface area contributed by atoms with Crippen molar-refractivity contribution >= 4 is 11.6 Å². The minimum atomic E-state index is -0.478. The Hall–Kier alpha value is -0.570. The molecule has 0 bridgehead atoms. The standard InChI is InChI=1S/C9H12ClNO/c1-11-6-9(12)7-3-2-4-8(10)5-7/h2-5,9,11-12H,6H2,1H3. The minimum Gasteiger partial charge on any atom is -0.387 e. The molecule has 1 rings (SSSR count). The number of nitrogens with one attached hydrogen (secondary N) is 1. The van der Waals surface area contributed by atoms with Gasteiger partial charge in [0.25, 0.3) is 0 Å². The molecule has 2 nitrogen and oxygen atoms in total. The van der Waals surface area contributed by atoms with Crippen molar-refractivity contribution in [1.29, 1.82) is 0 Å². The predicted octanol–water partition coefficient (Wildman–Crippen LogP) is 1.59. The Morgan fingerprint density at radius 3 is 2.92 bits per heavy atom. The molecular formula is C9H12ClNO. The molecule has 0 aliphatic heterocycles. The van der Waals surface area contributed by atoms with Crippen molar-refractivity contribution in [3.8, 4) is 0 Å². The average Bonchev–Trinajstić information content (AvgIpc) is 2.05. The molecule has 0 aliphatic rings. The summed E-state index contributed by atoms with van der Waals surface area (Å²) in [5, 5.41) is 13.1. The van der Waals surface area contributed by atoms with Gasteiger partial charge in [-0.2, -0.15) is 0 Å². The topological polar surface area (TPSA) is 32.3 Å². The highest BCUT2D eigenvalue weighted by molar-refractivity contribution is 6.30. The van der Waals surface area contributed by atoms with E-state index >= 15 is 0 Å². The predicted molar refractivity (Wildman–Crippen MR) is 50.3 cm³/mol. The number of halogens is 1. The molecule has 0 aromatic heterocycles. The molecule has 2 N–H and O–H groups in total. The molecule has 1 unspecified atom stereocenters. The highest BCUT2D eigenvalue weighted by Gasteiger charge is 2.05. The van der Waals surface area contributed by atoms with Gasteiger partial charge < -0.3 is 10.4 Å². The summed E-state index contributed by atoms with van der Waals surface area (Å²) in [7, 11) is 1.80. The Kier molecular flexibility index (Phi) is 3.53. The van der Waals surface area contributed by atoms with Gasteiger partial charge in [0.15, 0.2) is 0 Å². The Morgan fingerprint density at radius 2 is 2.33 bits per heavy atom. The van der Waals surface area contributed by atoms with Crippen LogP contribution in [0, 0.1) is 0 Å². The zero-order valence-corrected chi connectivity index (χ0v) is 7.67. The molecule has 0 amide bonds. The van der Waals surface area contributed by atoms with E-state index in [4.69, 9.17) is 11.6 Å². The summed E-state index contributed by atoms with van der Waals surface area (Å²) < 4.78 is 0. The third kappa shape index (κ3) is 2.48. The van der Waals surface area contributed by atoms with Crippen LogP contribution in [0.4, 0.5) is 0 Å². The third-order valence-electron chi connectivity index (χ3n) is 1.63. The molecule has 0 saturated heterocycles. The fraction of sp³-hybridized carbons (Fsp3) is 0.333. The van der Waals surface area contributed by atoms with Crippen molar-refractivity contribution in [2.45, 2.75) is 6.10 Å². The highest BCUT2D eigenvalue weighted by atomic mass is 35.5. The number of aliphatic hydroxyl groups excluding tert-OH is 1. The lowest BCUT2D eigenvalue weighted by Gasteiger charge is -2.09. The SMILES string of the molecule is CNCC(O)c1cccc(Cl)c1. The first-order chi connectivity index (χ1) is 5.74. The van der Waals surface area contributed by atoms with Crippen molar-refractivity contribution in [2.24, 2.45) is 0 Å². The quantitative estimate of drug-likeness (QED) is 0.750. The number of hydrogen-bond donors (Lipinski definition) is 2. The van der Waals surface area contributed by atoms with Crippen LogP contribution in [0.1, 0.15) is 11.7 Å². The van der Waals surface area contributed by atoms with E-state index in [0.29, 0.717) is 11.6 Å². The molecule has 0 saturated carbocycles. The molecule has 1 atom stereocenters. The van der Waals surface area contributed by atoms with Crippen molar-refractivity contribution < 1.29 is 5.11 Å². The summed E-state index contributed by atoms with van der Waals surface area (Å²) in [6.07, 6.45) is -0.478. The number of likely N-dealkylation sites (N-methyl/N-ethyl adjacent to an activating group) is 1. The number of benzene rings is 1. The fourth-order valence-electron chi connectivity index (χ4n) is 1.03. The normalized spacial score (nSPS) is 12.9. The first-order valence-electron chi connectivity index (χ1n) is 3.82. The van der Waals surface area contributed by atoms with Gasteiger partial charge in [-0.25, -0.2) is 0 Å². The van der Waals surface area contributed by atoms with Crippen LogP contribution in [0.25, 0.3) is 0 Å². The van der Waals surface area contributed by atoms with Crippen LogP contribution in [0.15, 0.2) is 24.3 Å². The zero-order valence-electron chi connectivity index (χ0n) is 6.92. The molecule has 0 heterocycles. The first kappa shape index (κ1) is 9.52. The van der Waals surface area contributed by atoms with Gasteiger partial charge in [0.1, 0.15) is 0 Å². The van der Waals surface area contributed by atoms with E-state index in [1.807, 2.05) is 12.1 Å². The average molecular weight is 186 g/mol. The molecular weight excluding hydrogens is 174 g/mol. The molecule has 0 aliphatic carbocycles. The van der Waals surface area contributed by atoms with Crippen molar-refractivity contribution in [2.75, 3.05) is 13.6 Å². The lowest BCUT2D eigenvalue weighted by Crippen LogP contribution is -2.16. The van der Waals surface area contributed by atoms with Crippen LogP contribution < -0.4 is 5.32 Å². The van der Waals surface area contributed by atoms with Gasteiger partial charge in [-0.05, 0) is 24.7 Å². The lowest BCUT2D eigenvalue weighted by molar-refractivity contribution is 0.178. The second-order valence-electron chi connectivity index (χ2n) is 2.63. The minimum absolute atomic E-state index is 0.478. The van der Waals surface area contributed by atoms with E-state index in [2.05, 4.69) is 5.32 Å². The van der Waals surface area contributed by atoms with Gasteiger partial charge in [0.05, 0.1) is 6.10 Å². The van der Waals surface area contributed by atoms with Crippen LogP contribution in [0.3, 0.4) is 0 Å². The van der Waals surface area contributed by atoms with Crippen LogP contribution >= 0.6 is 11.6 Å². The summed E-state index contributed by atoms with van der Waals surface area (Å²) in [6, 6.07) is 7.24. The summed E-state index contributed by atoms with van der Waals surface area (Å²) >= 11 is 5.76. The maximum atomic E-state index is 9.52. The third-order valence-corrected chi connectivity index (χ3v) is 1.87. The number of rotatable bonds is 3. The Morgan fingerprint density at radius 1 is 1.58 bits per heavy atom. The second kappa shape index (κ2) is 4.45. The van der Waals surface area contributed by atoms with E-state index < -0.39 is 6.10 Å². The molecule has 0 radical (unpaired) electrons. The molecule has 1 aromatic carbocycles. The van der Waals surface area contributed by atoms with Crippen molar-refractivity contribution in [1.82, 2.24) is 5.32 Å². The number of hydrogen-bond acceptors (Lipinski definition) is 2. The summed E-state index contributed by atoms with van der Waals surface area (Å²) in [5.74, 6) is 0. The Balaban J connectivity index is 2.73. The molecule has 12 heavy (non-hydrogen) atoms. The van der Waals surface area contributed by atoms with Crippen LogP contribution in [0.2, 0.25) is 5.02 Å². The fourth-order valence-corrected chi connectivity index (χ4v) is 1.22. The molecule has 3 heteroatoms. The van der Waals surface area contributed by atoms with E-state index in [-0.39, 0.29) is 0 Å². The maximum absolute atomic E-state index is 9.52. The first-order valence-corrected chi connectivity index (χ1v) is 4.20. The van der Waals surface area contributed by atoms with Gasteiger partial charge >= 0.3 is 0 Å². The largest absolute Gasteiger partial charge is 0.387 e. The Bertz CT molecular complexity index is 252. The van der Waals surface area contributed by atoms with Crippen LogP contribution in [-0.2, 0) is 0 Å². The maximum Gasteiger partial charge on any atom is 0.0914 e. The van der Waals surface area contributed by atoms with E-state index in [9.17, 15) is 5.11 Å². The van der Waals surface area contributed by atoms with Gasteiger partial charge in [0, 0.05) is 11.6 Å². The molecule has 1 aromatic rings. The monoisotopic (exact) mass is 185 g/mol. The lowest BCUT2D eigenvalue weighted by atomic mass is 10.1. The van der Waals surface area contributed by atoms with Crippen molar-refractivity contribution in [3.63, 3.8) is 0 Å². The van der Waals surface area contributed by atoms with Crippen molar-refractivity contribution in [3.05, 3.63) is 34.9 Å². The van der Waals surface area contributed by atoms with Crippen LogP contribution in [0.5, 0.6) is 0 Å². The summed E-state index contributed by atoms with van der Waals surface area (Å²) in [5.41, 5.74) is 0.844. The van der Waals surface area contributed by atoms with E-state index in [0.717, 1.165) is 5.56 Å². The van der Waals surface area contributed by atoms with Crippen LogP contribution in [-0.4, -0.2) is 18.7 Å². The smallest absolute Gasteiger partial charge is 0.0914 e. The second-order valence-corrected chi connectivity index (χ2v) is 3.06. The van der Waals surface area contributed by atoms with E-state index in [1.165, 1.54) is 0 Å². The summed E-state index contributed by atoms with van der Waals surface area (Å²) in [6.45, 7) is 0.542. The zero-order chi connectivity index (χ0) is 8.97. The van der Waals surface area contributed by atoms with Gasteiger partial charge in [-0.3, -0.25) is 0 Å². The number of aliphatic hydroxyl groups is 1. The molecule has 66 valence electrons. The highest BCUT2D eigenvalue weighted by Crippen LogP contribution is 2.16. The van der Waals surface area contributed by atoms with E-state index in [1.54, 1.807) is 19.2 Å². The van der Waals surface area contributed by atoms with Gasteiger partial charge in [-0.15, -0.1) is 0 Å². The molecule has 0 fully saturated rings. The summed E-state index contributed by atoms with van der Waals surface area (Å²) in [4.78, 5) is 0. The Labute approximate surface area is 77.2 Å². The van der Waals surface area contributed by atoms with Gasteiger partial charge in [0.2, 0.25) is 0 Å². The van der Waals surface area contributed by atoms with Gasteiger partial charge in [-0.1, -0.05) is 23.7 Å². The molecule has 0 spiro atoms.